The third kappa shape index (κ3) is 12.3. The number of unbranched alkanes of at least 4 members (excludes halogenated alkanes) is 4. The lowest BCUT2D eigenvalue weighted by Crippen LogP contribution is -2.05. The quantitative estimate of drug-likeness (QED) is 0.296. The number of aliphatic hydroxyl groups excluding tert-OH is 1. The molecule has 7 heteroatoms. The summed E-state index contributed by atoms with van der Waals surface area (Å²) in [6.07, 6.45) is 5.87. The molecule has 0 aromatic heterocycles. The molecule has 0 atom stereocenters. The average Bonchev–Trinajstić information content (AvgIpc) is 2.73. The highest BCUT2D eigenvalue weighted by Gasteiger charge is 2.05. The SMILES string of the molecule is CCOC(=O)CCCCCOc1cc(CO)cc(OCCCCCC(=O)OCC)c1. The molecular formula is C23H36O7. The van der Waals surface area contributed by atoms with Crippen LogP contribution in [0.3, 0.4) is 0 Å². The molecule has 170 valence electrons. The second-order valence-electron chi connectivity index (χ2n) is 6.90. The van der Waals surface area contributed by atoms with E-state index in [2.05, 4.69) is 0 Å². The molecule has 0 fully saturated rings. The van der Waals surface area contributed by atoms with E-state index >= 15 is 0 Å². The van der Waals surface area contributed by atoms with Crippen molar-refractivity contribution < 1.29 is 33.6 Å². The molecule has 1 aromatic carbocycles. The van der Waals surface area contributed by atoms with Gasteiger partial charge < -0.3 is 24.1 Å². The van der Waals surface area contributed by atoms with Crippen LogP contribution in [0.4, 0.5) is 0 Å². The molecule has 1 N–H and O–H groups in total. The van der Waals surface area contributed by atoms with Crippen LogP contribution in [0.15, 0.2) is 18.2 Å². The fourth-order valence-corrected chi connectivity index (χ4v) is 2.83. The lowest BCUT2D eigenvalue weighted by Gasteiger charge is -2.12. The van der Waals surface area contributed by atoms with Crippen molar-refractivity contribution >= 4 is 11.9 Å². The van der Waals surface area contributed by atoms with Gasteiger partial charge >= 0.3 is 11.9 Å². The van der Waals surface area contributed by atoms with Crippen molar-refractivity contribution in [3.8, 4) is 11.5 Å². The van der Waals surface area contributed by atoms with Crippen molar-refractivity contribution in [1.29, 1.82) is 0 Å². The molecule has 0 heterocycles. The monoisotopic (exact) mass is 424 g/mol. The maximum Gasteiger partial charge on any atom is 0.305 e. The smallest absolute Gasteiger partial charge is 0.305 e. The normalized spacial score (nSPS) is 10.5. The first-order valence-electron chi connectivity index (χ1n) is 10.9. The number of carbonyl (C=O) groups excluding carboxylic acids is 2. The van der Waals surface area contributed by atoms with Gasteiger partial charge in [-0.25, -0.2) is 0 Å². The summed E-state index contributed by atoms with van der Waals surface area (Å²) < 4.78 is 21.4. The number of hydrogen-bond acceptors (Lipinski definition) is 7. The molecule has 0 spiro atoms. The van der Waals surface area contributed by atoms with Gasteiger partial charge in [0.05, 0.1) is 33.0 Å². The summed E-state index contributed by atoms with van der Waals surface area (Å²) in [5.74, 6) is 1.00. The summed E-state index contributed by atoms with van der Waals surface area (Å²) in [6, 6.07) is 5.41. The molecule has 0 aliphatic carbocycles. The maximum atomic E-state index is 11.3. The van der Waals surface area contributed by atoms with Gasteiger partial charge in [-0.2, -0.15) is 0 Å². The van der Waals surface area contributed by atoms with Gasteiger partial charge in [-0.15, -0.1) is 0 Å². The number of benzene rings is 1. The van der Waals surface area contributed by atoms with E-state index in [1.54, 1.807) is 26.0 Å². The van der Waals surface area contributed by atoms with Gasteiger partial charge in [0.1, 0.15) is 11.5 Å². The standard InChI is InChI=1S/C23H36O7/c1-3-27-22(25)11-7-5-9-13-29-20-15-19(18-24)16-21(17-20)30-14-10-6-8-12-23(26)28-4-2/h15-17,24H,3-14,18H2,1-2H3. The lowest BCUT2D eigenvalue weighted by molar-refractivity contribution is -0.144. The Balaban J connectivity index is 2.28. The Hall–Kier alpha value is -2.28. The molecule has 0 unspecified atom stereocenters. The topological polar surface area (TPSA) is 91.3 Å². The fraction of sp³-hybridized carbons (Fsp3) is 0.652. The predicted octanol–water partition coefficient (Wildman–Crippen LogP) is 4.18. The van der Waals surface area contributed by atoms with Crippen LogP contribution >= 0.6 is 0 Å². The first-order valence-corrected chi connectivity index (χ1v) is 10.9. The Morgan fingerprint density at radius 1 is 0.733 bits per heavy atom. The summed E-state index contributed by atoms with van der Waals surface area (Å²) in [4.78, 5) is 22.6. The Morgan fingerprint density at radius 2 is 1.20 bits per heavy atom. The molecule has 0 radical (unpaired) electrons. The van der Waals surface area contributed by atoms with Gasteiger partial charge in [0.15, 0.2) is 0 Å². The van der Waals surface area contributed by atoms with E-state index in [4.69, 9.17) is 18.9 Å². The number of rotatable bonds is 17. The number of ether oxygens (including phenoxy) is 4. The first kappa shape index (κ1) is 25.8. The number of carbonyl (C=O) groups is 2. The van der Waals surface area contributed by atoms with Crippen molar-refractivity contribution in [3.05, 3.63) is 23.8 Å². The molecule has 0 aliphatic rings. The second kappa shape index (κ2) is 16.5. The Labute approximate surface area is 179 Å². The zero-order valence-corrected chi connectivity index (χ0v) is 18.3. The van der Waals surface area contributed by atoms with E-state index < -0.39 is 0 Å². The third-order valence-corrected chi connectivity index (χ3v) is 4.32. The van der Waals surface area contributed by atoms with Gasteiger partial charge in [-0.1, -0.05) is 0 Å². The zero-order chi connectivity index (χ0) is 22.0. The molecule has 0 bridgehead atoms. The van der Waals surface area contributed by atoms with E-state index in [0.29, 0.717) is 50.8 Å². The highest BCUT2D eigenvalue weighted by atomic mass is 16.5. The van der Waals surface area contributed by atoms with Gasteiger partial charge in [0.2, 0.25) is 0 Å². The molecule has 0 saturated carbocycles. The average molecular weight is 425 g/mol. The summed E-state index contributed by atoms with van der Waals surface area (Å²) in [5, 5.41) is 9.46. The largest absolute Gasteiger partial charge is 0.493 e. The lowest BCUT2D eigenvalue weighted by atomic mass is 10.2. The molecule has 0 saturated heterocycles. The van der Waals surface area contributed by atoms with E-state index in [1.807, 2.05) is 6.07 Å². The predicted molar refractivity (Wildman–Crippen MR) is 114 cm³/mol. The minimum atomic E-state index is -0.156. The minimum Gasteiger partial charge on any atom is -0.493 e. The van der Waals surface area contributed by atoms with Crippen molar-refractivity contribution in [2.75, 3.05) is 26.4 Å². The third-order valence-electron chi connectivity index (χ3n) is 4.32. The Morgan fingerprint density at radius 3 is 1.60 bits per heavy atom. The van der Waals surface area contributed by atoms with Crippen molar-refractivity contribution in [3.63, 3.8) is 0 Å². The van der Waals surface area contributed by atoms with Crippen molar-refractivity contribution in [2.24, 2.45) is 0 Å². The van der Waals surface area contributed by atoms with Crippen LogP contribution < -0.4 is 9.47 Å². The molecule has 0 amide bonds. The van der Waals surface area contributed by atoms with Crippen LogP contribution in [0.25, 0.3) is 0 Å². The van der Waals surface area contributed by atoms with Crippen LogP contribution in [-0.4, -0.2) is 43.5 Å². The molecule has 7 nitrogen and oxygen atoms in total. The molecule has 1 rings (SSSR count). The number of esters is 2. The fourth-order valence-electron chi connectivity index (χ4n) is 2.83. The van der Waals surface area contributed by atoms with Crippen LogP contribution in [0.1, 0.15) is 70.8 Å². The minimum absolute atomic E-state index is 0.0906. The molecule has 30 heavy (non-hydrogen) atoms. The molecule has 0 aliphatic heterocycles. The van der Waals surface area contributed by atoms with E-state index in [9.17, 15) is 14.7 Å². The van der Waals surface area contributed by atoms with E-state index in [-0.39, 0.29) is 18.5 Å². The zero-order valence-electron chi connectivity index (χ0n) is 18.3. The first-order chi connectivity index (χ1) is 14.6. The maximum absolute atomic E-state index is 11.3. The van der Waals surface area contributed by atoms with Gasteiger partial charge in [0.25, 0.3) is 0 Å². The highest BCUT2D eigenvalue weighted by molar-refractivity contribution is 5.69. The van der Waals surface area contributed by atoms with Crippen molar-refractivity contribution in [1.82, 2.24) is 0 Å². The van der Waals surface area contributed by atoms with Crippen LogP contribution in [0, 0.1) is 0 Å². The summed E-state index contributed by atoms with van der Waals surface area (Å²) in [6.45, 7) is 5.41. The van der Waals surface area contributed by atoms with E-state index in [1.165, 1.54) is 0 Å². The van der Waals surface area contributed by atoms with Crippen LogP contribution in [0.5, 0.6) is 11.5 Å². The van der Waals surface area contributed by atoms with Crippen LogP contribution in [-0.2, 0) is 25.7 Å². The molecule has 1 aromatic rings. The number of hydrogen-bond donors (Lipinski definition) is 1. The molecular weight excluding hydrogens is 388 g/mol. The van der Waals surface area contributed by atoms with Gasteiger partial charge in [0, 0.05) is 18.9 Å². The summed E-state index contributed by atoms with van der Waals surface area (Å²) in [5.41, 5.74) is 0.729. The van der Waals surface area contributed by atoms with Gasteiger partial charge in [-0.05, 0) is 70.1 Å². The highest BCUT2D eigenvalue weighted by Crippen LogP contribution is 2.24. The van der Waals surface area contributed by atoms with Crippen LogP contribution in [0.2, 0.25) is 0 Å². The Bertz CT molecular complexity index is 567. The van der Waals surface area contributed by atoms with Gasteiger partial charge in [-0.3, -0.25) is 9.59 Å². The Kier molecular flexibility index (Phi) is 14.2. The number of aliphatic hydroxyl groups is 1. The van der Waals surface area contributed by atoms with Crippen molar-refractivity contribution in [2.45, 2.75) is 71.8 Å². The summed E-state index contributed by atoms with van der Waals surface area (Å²) in [7, 11) is 0. The second-order valence-corrected chi connectivity index (χ2v) is 6.90. The van der Waals surface area contributed by atoms with E-state index in [0.717, 1.165) is 44.1 Å². The summed E-state index contributed by atoms with van der Waals surface area (Å²) >= 11 is 0.